The number of hydrogen-bond acceptors (Lipinski definition) is 1. The molecule has 0 radical (unpaired) electrons. The Morgan fingerprint density at radius 2 is 0.695 bits per heavy atom. The van der Waals surface area contributed by atoms with Gasteiger partial charge in [-0.15, -0.1) is 21.9 Å². The minimum Gasteiger partial charge on any atom is -0.456 e. The number of hydrogen-bond donors (Lipinski definition) is 0. The van der Waals surface area contributed by atoms with Crippen LogP contribution in [0.3, 0.4) is 0 Å². The molecule has 0 atom stereocenters. The molecule has 0 fully saturated rings. The average Bonchev–Trinajstić information content (AvgIpc) is 3.64. The Kier molecular flexibility index (Phi) is 8.02. The van der Waals surface area contributed by atoms with Crippen LogP contribution < -0.4 is 43.7 Å². The van der Waals surface area contributed by atoms with E-state index in [4.69, 9.17) is 4.42 Å². The van der Waals surface area contributed by atoms with E-state index in [1.165, 1.54) is 136 Å². The molecule has 1 aromatic heterocycles. The fourth-order valence-corrected chi connectivity index (χ4v) is 10.6. The van der Waals surface area contributed by atoms with E-state index in [-0.39, 0.29) is 0 Å². The summed E-state index contributed by atoms with van der Waals surface area (Å²) in [7, 11) is 18.7. The molecule has 268 valence electrons. The Morgan fingerprint density at radius 1 is 0.271 bits per heavy atom. The van der Waals surface area contributed by atoms with Crippen LogP contribution in [0, 0.1) is 0 Å². The fraction of sp³-hybridized carbons (Fsp3) is 0. The highest BCUT2D eigenvalue weighted by atomic mass is 16.3. The smallest absolute Gasteiger partial charge is 0.139 e. The first-order valence-electron chi connectivity index (χ1n) is 20.9. The molecule has 0 saturated heterocycles. The average molecular weight is 741 g/mol. The molecule has 0 aliphatic heterocycles. The molecule has 9 heteroatoms. The van der Waals surface area contributed by atoms with Gasteiger partial charge in [0.15, 0.2) is 0 Å². The third-order valence-corrected chi connectivity index (χ3v) is 14.3. The molecular formula is C50H38B8O. The fourth-order valence-electron chi connectivity index (χ4n) is 10.6. The predicted octanol–water partition coefficient (Wildman–Crippen LogP) is 0.420. The van der Waals surface area contributed by atoms with Crippen molar-refractivity contribution in [1.29, 1.82) is 0 Å². The van der Waals surface area contributed by atoms with Crippen molar-refractivity contribution in [2.24, 2.45) is 0 Å². The molecule has 1 heterocycles. The third kappa shape index (κ3) is 5.04. The number of benzene rings is 10. The van der Waals surface area contributed by atoms with Crippen LogP contribution in [0.2, 0.25) is 0 Å². The van der Waals surface area contributed by atoms with Crippen molar-refractivity contribution in [2.75, 3.05) is 0 Å². The highest BCUT2D eigenvalue weighted by molar-refractivity contribution is 6.71. The van der Waals surface area contributed by atoms with E-state index in [0.29, 0.717) is 0 Å². The van der Waals surface area contributed by atoms with E-state index in [0.717, 1.165) is 16.6 Å². The van der Waals surface area contributed by atoms with Crippen LogP contribution in [0.15, 0.2) is 138 Å². The second-order valence-corrected chi connectivity index (χ2v) is 17.0. The summed E-state index contributed by atoms with van der Waals surface area (Å²) in [5.74, 6) is 0. The van der Waals surface area contributed by atoms with Gasteiger partial charge in [-0.05, 0) is 105 Å². The van der Waals surface area contributed by atoms with Gasteiger partial charge in [0.2, 0.25) is 0 Å². The first-order valence-corrected chi connectivity index (χ1v) is 20.9. The summed E-state index contributed by atoms with van der Waals surface area (Å²) in [6.45, 7) is 0. The zero-order valence-electron chi connectivity index (χ0n) is 35.1. The predicted molar refractivity (Wildman–Crippen MR) is 283 cm³/mol. The molecule has 10 aromatic carbocycles. The van der Waals surface area contributed by atoms with Crippen molar-refractivity contribution >= 4 is 182 Å². The first kappa shape index (κ1) is 35.9. The Balaban J connectivity index is 1.36. The van der Waals surface area contributed by atoms with E-state index in [2.05, 4.69) is 196 Å². The highest BCUT2D eigenvalue weighted by Crippen LogP contribution is 2.47. The summed E-state index contributed by atoms with van der Waals surface area (Å²) in [4.78, 5) is 0. The molecule has 0 aliphatic rings. The quantitative estimate of drug-likeness (QED) is 0.189. The summed E-state index contributed by atoms with van der Waals surface area (Å²) in [6.07, 6.45) is 0. The van der Waals surface area contributed by atoms with Gasteiger partial charge in [0, 0.05) is 10.8 Å². The summed E-state index contributed by atoms with van der Waals surface area (Å²) >= 11 is 0. The van der Waals surface area contributed by atoms with Gasteiger partial charge in [-0.1, -0.05) is 137 Å². The lowest BCUT2D eigenvalue weighted by molar-refractivity contribution is 0.669. The topological polar surface area (TPSA) is 13.1 Å². The van der Waals surface area contributed by atoms with Crippen LogP contribution in [0.25, 0.3) is 109 Å². The second kappa shape index (κ2) is 13.2. The van der Waals surface area contributed by atoms with E-state index < -0.39 is 0 Å². The summed E-state index contributed by atoms with van der Waals surface area (Å²) in [5, 5.41) is 15.2. The van der Waals surface area contributed by atoms with Crippen molar-refractivity contribution in [3.63, 3.8) is 0 Å². The van der Waals surface area contributed by atoms with Crippen LogP contribution in [0.5, 0.6) is 0 Å². The molecule has 0 amide bonds. The Bertz CT molecular complexity index is 3580. The van der Waals surface area contributed by atoms with Crippen molar-refractivity contribution < 1.29 is 4.42 Å². The Morgan fingerprint density at radius 3 is 1.31 bits per heavy atom. The molecule has 0 saturated carbocycles. The van der Waals surface area contributed by atoms with Crippen LogP contribution in [-0.4, -0.2) is 62.8 Å². The van der Waals surface area contributed by atoms with Gasteiger partial charge in [0.05, 0.1) is 0 Å². The second-order valence-electron chi connectivity index (χ2n) is 17.0. The SMILES string of the molecule is Bc1c(B)c(B)c2c(-c3cccc4oc5cc6ccccc6cc5c34)c3c(B)c(B)c(B)c(B)c3c(-c3ccc(-c4cccc5ccccc45)c4ccccc34)c2c1B. The van der Waals surface area contributed by atoms with Crippen molar-refractivity contribution in [1.82, 2.24) is 0 Å². The van der Waals surface area contributed by atoms with E-state index >= 15 is 0 Å². The molecule has 0 spiro atoms. The van der Waals surface area contributed by atoms with E-state index in [1.807, 2.05) is 0 Å². The Hall–Kier alpha value is -6.18. The van der Waals surface area contributed by atoms with Crippen LogP contribution in [0.4, 0.5) is 0 Å². The first-order chi connectivity index (χ1) is 28.6. The standard InChI is InChI=1S/C50H38B8O/c51-43-39-37(31-20-19-30(28-14-5-6-15-29(28)31)27-16-7-12-23-9-3-4-13-26(23)27)40-42(46(54)50(58)48(56)44(40)52)38(41(39)45(53)49(57)47(43)55)32-17-8-18-34-36(32)33-21-24-10-1-2-11-25(24)22-35(33)59-34/h1-22H,51-58H2. The number of rotatable bonds is 3. The molecule has 0 unspecified atom stereocenters. The van der Waals surface area contributed by atoms with Crippen LogP contribution in [0.1, 0.15) is 0 Å². The zero-order valence-corrected chi connectivity index (χ0v) is 35.1. The normalized spacial score (nSPS) is 11.9. The maximum absolute atomic E-state index is 6.76. The maximum Gasteiger partial charge on any atom is 0.139 e. The number of fused-ring (bicyclic) bond motifs is 8. The summed E-state index contributed by atoms with van der Waals surface area (Å²) < 4.78 is 6.76. The van der Waals surface area contributed by atoms with E-state index in [9.17, 15) is 0 Å². The molecule has 0 N–H and O–H groups in total. The van der Waals surface area contributed by atoms with Gasteiger partial charge in [-0.2, -0.15) is 0 Å². The van der Waals surface area contributed by atoms with E-state index in [1.54, 1.807) is 0 Å². The minimum atomic E-state index is 0.921. The van der Waals surface area contributed by atoms with Crippen molar-refractivity contribution in [3.05, 3.63) is 133 Å². The largest absolute Gasteiger partial charge is 0.456 e. The van der Waals surface area contributed by atoms with Gasteiger partial charge >= 0.3 is 0 Å². The molecule has 11 aromatic rings. The third-order valence-electron chi connectivity index (χ3n) is 14.3. The van der Waals surface area contributed by atoms with Crippen LogP contribution >= 0.6 is 0 Å². The lowest BCUT2D eigenvalue weighted by Crippen LogP contribution is -2.50. The monoisotopic (exact) mass is 742 g/mol. The lowest BCUT2D eigenvalue weighted by Gasteiger charge is -2.29. The highest BCUT2D eigenvalue weighted by Gasteiger charge is 2.28. The minimum absolute atomic E-state index is 0.921. The molecular weight excluding hydrogens is 703 g/mol. The maximum atomic E-state index is 6.76. The van der Waals surface area contributed by atoms with Gasteiger partial charge in [-0.25, -0.2) is 0 Å². The molecule has 1 nitrogen and oxygen atoms in total. The summed E-state index contributed by atoms with van der Waals surface area (Å²) in [6, 6.07) is 49.2. The summed E-state index contributed by atoms with van der Waals surface area (Å²) in [5.41, 5.74) is 20.3. The number of furan rings is 1. The van der Waals surface area contributed by atoms with Crippen LogP contribution in [-0.2, 0) is 0 Å². The lowest BCUT2D eigenvalue weighted by atomic mass is 9.59. The van der Waals surface area contributed by atoms with Gasteiger partial charge in [-0.3, -0.25) is 0 Å². The van der Waals surface area contributed by atoms with Gasteiger partial charge in [0.1, 0.15) is 73.9 Å². The molecule has 59 heavy (non-hydrogen) atoms. The van der Waals surface area contributed by atoms with Gasteiger partial charge in [0.25, 0.3) is 0 Å². The molecule has 0 bridgehead atoms. The molecule has 0 aliphatic carbocycles. The Labute approximate surface area is 351 Å². The molecule has 11 rings (SSSR count). The van der Waals surface area contributed by atoms with Gasteiger partial charge < -0.3 is 4.42 Å². The van der Waals surface area contributed by atoms with Crippen molar-refractivity contribution in [3.8, 4) is 33.4 Å². The zero-order chi connectivity index (χ0) is 40.4. The van der Waals surface area contributed by atoms with Crippen molar-refractivity contribution in [2.45, 2.75) is 0 Å².